The van der Waals surface area contributed by atoms with Crippen molar-refractivity contribution < 1.29 is 17.9 Å². The average molecular weight is 521 g/mol. The Morgan fingerprint density at radius 3 is 2.63 bits per heavy atom. The van der Waals surface area contributed by atoms with E-state index in [1.807, 2.05) is 24.8 Å². The summed E-state index contributed by atoms with van der Waals surface area (Å²) in [6.07, 6.45) is 3.28. The molecule has 0 radical (unpaired) electrons. The Balaban J connectivity index is 1.28. The zero-order valence-corrected chi connectivity index (χ0v) is 21.7. The first kappa shape index (κ1) is 24.5. The van der Waals surface area contributed by atoms with Crippen molar-refractivity contribution in [3.05, 3.63) is 53.7 Å². The number of hydrogen-bond donors (Lipinski definition) is 1. The summed E-state index contributed by atoms with van der Waals surface area (Å²) in [6.45, 7) is 7.20. The summed E-state index contributed by atoms with van der Waals surface area (Å²) >= 11 is 0. The monoisotopic (exact) mass is 520 g/mol. The molecule has 1 N–H and O–H groups in total. The molecule has 8 nitrogen and oxygen atoms in total. The summed E-state index contributed by atoms with van der Waals surface area (Å²) in [5.74, 6) is -0.454. The van der Waals surface area contributed by atoms with Crippen LogP contribution in [0.15, 0.2) is 40.9 Å². The lowest BCUT2D eigenvalue weighted by Crippen LogP contribution is -2.38. The van der Waals surface area contributed by atoms with Crippen molar-refractivity contribution in [1.82, 2.24) is 19.9 Å². The quantitative estimate of drug-likeness (QED) is 0.358. The van der Waals surface area contributed by atoms with Crippen LogP contribution in [0.1, 0.15) is 38.2 Å². The molecule has 2 aliphatic rings. The molecule has 38 heavy (non-hydrogen) atoms. The van der Waals surface area contributed by atoms with Gasteiger partial charge in [-0.15, -0.1) is 0 Å². The van der Waals surface area contributed by atoms with Crippen molar-refractivity contribution in [3.8, 4) is 17.0 Å². The molecule has 0 bridgehead atoms. The Morgan fingerprint density at radius 1 is 1.03 bits per heavy atom. The van der Waals surface area contributed by atoms with Gasteiger partial charge in [0, 0.05) is 11.6 Å². The highest BCUT2D eigenvalue weighted by molar-refractivity contribution is 5.76. The Morgan fingerprint density at radius 2 is 1.84 bits per heavy atom. The topological polar surface area (TPSA) is 79.5 Å². The number of nitrogens with one attached hydrogen (secondary N) is 1. The van der Waals surface area contributed by atoms with Gasteiger partial charge in [-0.2, -0.15) is 4.98 Å². The van der Waals surface area contributed by atoms with Crippen molar-refractivity contribution >= 4 is 28.8 Å². The van der Waals surface area contributed by atoms with Crippen LogP contribution in [0.5, 0.6) is 5.75 Å². The molecule has 0 saturated carbocycles. The molecule has 198 valence electrons. The average Bonchev–Trinajstić information content (AvgIpc) is 3.31. The molecule has 2 aliphatic heterocycles. The summed E-state index contributed by atoms with van der Waals surface area (Å²) in [5.41, 5.74) is 3.46. The standard InChI is InChI=1S/C28H30F2N6O2/c1-16(2)36-10-11-37-26-20(29)12-19(14-23(26)36)25-21(30)15-31-27(33-25)34-28-32-22-13-18(4-5-24(22)38-28)17-6-8-35(3)9-7-17/h4-5,12-17H,6-11H2,1-3H3,(H,31,32,33,34). The normalized spacial score (nSPS) is 16.6. The minimum absolute atomic E-state index is 0.0286. The Labute approximate surface area is 219 Å². The van der Waals surface area contributed by atoms with Gasteiger partial charge in [-0.3, -0.25) is 5.32 Å². The van der Waals surface area contributed by atoms with Gasteiger partial charge in [0.25, 0.3) is 0 Å². The molecule has 4 aromatic rings. The van der Waals surface area contributed by atoms with Gasteiger partial charge in [-0.05, 0) is 82.6 Å². The number of likely N-dealkylation sites (tertiary alicyclic amines) is 1. The SMILES string of the molecule is CC(C)N1CCOc2c(F)cc(-c3nc(Nc4nc5cc(C6CCN(C)CC6)ccc5o4)ncc3F)cc21. The van der Waals surface area contributed by atoms with Crippen LogP contribution in [0.25, 0.3) is 22.4 Å². The van der Waals surface area contributed by atoms with Crippen LogP contribution in [-0.2, 0) is 0 Å². The maximum atomic E-state index is 15.0. The first-order valence-electron chi connectivity index (χ1n) is 13.0. The summed E-state index contributed by atoms with van der Waals surface area (Å²) in [7, 11) is 2.15. The van der Waals surface area contributed by atoms with E-state index in [0.29, 0.717) is 35.9 Å². The second-order valence-electron chi connectivity index (χ2n) is 10.3. The third kappa shape index (κ3) is 4.64. The summed E-state index contributed by atoms with van der Waals surface area (Å²) < 4.78 is 41.3. The van der Waals surface area contributed by atoms with Crippen LogP contribution in [0, 0.1) is 11.6 Å². The van der Waals surface area contributed by atoms with Crippen LogP contribution < -0.4 is 15.0 Å². The molecule has 6 rings (SSSR count). The summed E-state index contributed by atoms with van der Waals surface area (Å²) in [5, 5.41) is 2.94. The van der Waals surface area contributed by atoms with E-state index in [0.717, 1.165) is 37.6 Å². The number of halogens is 2. The molecule has 2 aromatic carbocycles. The van der Waals surface area contributed by atoms with Crippen LogP contribution in [0.3, 0.4) is 0 Å². The molecular weight excluding hydrogens is 490 g/mol. The fraction of sp³-hybridized carbons (Fsp3) is 0.393. The van der Waals surface area contributed by atoms with E-state index < -0.39 is 11.6 Å². The predicted molar refractivity (Wildman–Crippen MR) is 142 cm³/mol. The van der Waals surface area contributed by atoms with E-state index in [9.17, 15) is 8.78 Å². The Bertz CT molecular complexity index is 1480. The van der Waals surface area contributed by atoms with Gasteiger partial charge in [0.05, 0.1) is 18.4 Å². The molecule has 1 saturated heterocycles. The van der Waals surface area contributed by atoms with E-state index in [1.165, 1.54) is 11.6 Å². The van der Waals surface area contributed by atoms with Crippen LogP contribution in [0.2, 0.25) is 0 Å². The van der Waals surface area contributed by atoms with Gasteiger partial charge in [0.1, 0.15) is 17.8 Å². The maximum Gasteiger partial charge on any atom is 0.302 e. The predicted octanol–water partition coefficient (Wildman–Crippen LogP) is 5.72. The lowest BCUT2D eigenvalue weighted by molar-refractivity contribution is 0.255. The molecule has 0 aliphatic carbocycles. The van der Waals surface area contributed by atoms with E-state index >= 15 is 0 Å². The molecule has 0 amide bonds. The first-order chi connectivity index (χ1) is 18.4. The number of fused-ring (bicyclic) bond motifs is 2. The zero-order valence-electron chi connectivity index (χ0n) is 21.7. The number of anilines is 3. The third-order valence-electron chi connectivity index (χ3n) is 7.37. The molecule has 0 unspecified atom stereocenters. The largest absolute Gasteiger partial charge is 0.486 e. The number of aromatic nitrogens is 3. The van der Waals surface area contributed by atoms with Crippen molar-refractivity contribution in [2.45, 2.75) is 38.6 Å². The maximum absolute atomic E-state index is 15.0. The highest BCUT2D eigenvalue weighted by atomic mass is 19.1. The van der Waals surface area contributed by atoms with Gasteiger partial charge in [-0.1, -0.05) is 6.07 Å². The van der Waals surface area contributed by atoms with Gasteiger partial charge < -0.3 is 19.0 Å². The molecule has 1 fully saturated rings. The molecule has 0 atom stereocenters. The Kier molecular flexibility index (Phi) is 6.35. The van der Waals surface area contributed by atoms with E-state index in [2.05, 4.69) is 44.3 Å². The van der Waals surface area contributed by atoms with Gasteiger partial charge in [-0.25, -0.2) is 18.7 Å². The first-order valence-corrected chi connectivity index (χ1v) is 13.0. The number of ether oxygens (including phenoxy) is 1. The van der Waals surface area contributed by atoms with E-state index in [1.54, 1.807) is 6.07 Å². The number of piperidine rings is 1. The molecular formula is C28H30F2N6O2. The van der Waals surface area contributed by atoms with Crippen molar-refractivity contribution in [2.24, 2.45) is 0 Å². The fourth-order valence-electron chi connectivity index (χ4n) is 5.29. The smallest absolute Gasteiger partial charge is 0.302 e. The molecule has 4 heterocycles. The molecule has 2 aromatic heterocycles. The second-order valence-corrected chi connectivity index (χ2v) is 10.3. The fourth-order valence-corrected chi connectivity index (χ4v) is 5.29. The number of nitrogens with zero attached hydrogens (tertiary/aromatic N) is 5. The lowest BCUT2D eigenvalue weighted by Gasteiger charge is -2.34. The number of rotatable bonds is 5. The Hall–Kier alpha value is -3.79. The van der Waals surface area contributed by atoms with Gasteiger partial charge >= 0.3 is 6.01 Å². The van der Waals surface area contributed by atoms with Crippen molar-refractivity contribution in [2.75, 3.05) is 43.5 Å². The van der Waals surface area contributed by atoms with Crippen molar-refractivity contribution in [3.63, 3.8) is 0 Å². The number of hydrogen-bond acceptors (Lipinski definition) is 8. The lowest BCUT2D eigenvalue weighted by atomic mass is 9.89. The van der Waals surface area contributed by atoms with Crippen LogP contribution >= 0.6 is 0 Å². The second kappa shape index (κ2) is 9.83. The minimum atomic E-state index is -0.664. The summed E-state index contributed by atoms with van der Waals surface area (Å²) in [4.78, 5) is 17.3. The molecule has 0 spiro atoms. The van der Waals surface area contributed by atoms with Crippen molar-refractivity contribution in [1.29, 1.82) is 0 Å². The van der Waals surface area contributed by atoms with Gasteiger partial charge in [0.15, 0.2) is 23.0 Å². The summed E-state index contributed by atoms with van der Waals surface area (Å²) in [6, 6.07) is 9.35. The zero-order chi connectivity index (χ0) is 26.4. The highest BCUT2D eigenvalue weighted by Crippen LogP contribution is 2.39. The number of benzene rings is 2. The van der Waals surface area contributed by atoms with Crippen LogP contribution in [0.4, 0.5) is 26.4 Å². The third-order valence-corrected chi connectivity index (χ3v) is 7.37. The highest BCUT2D eigenvalue weighted by Gasteiger charge is 2.26. The molecule has 10 heteroatoms. The van der Waals surface area contributed by atoms with E-state index in [-0.39, 0.29) is 29.4 Å². The van der Waals surface area contributed by atoms with E-state index in [4.69, 9.17) is 9.15 Å². The van der Waals surface area contributed by atoms with Gasteiger partial charge in [0.2, 0.25) is 5.95 Å². The van der Waals surface area contributed by atoms with Crippen LogP contribution in [-0.4, -0.2) is 59.2 Å². The number of oxazole rings is 1. The minimum Gasteiger partial charge on any atom is -0.486 e.